The highest BCUT2D eigenvalue weighted by atomic mass is 127. The number of carboxylic acids is 1. The van der Waals surface area contributed by atoms with Crippen LogP contribution in [0.1, 0.15) is 27.6 Å². The van der Waals surface area contributed by atoms with Crippen LogP contribution in [-0.4, -0.2) is 87.9 Å². The Bertz CT molecular complexity index is 777. The highest BCUT2D eigenvalue weighted by Gasteiger charge is 2.31. The second-order valence-electron chi connectivity index (χ2n) is 6.19. The summed E-state index contributed by atoms with van der Waals surface area (Å²) in [5.74, 6) is -2.72. The maximum Gasteiger partial charge on any atom is 0.344 e. The molecule has 11 nitrogen and oxygen atoms in total. The fourth-order valence-electron chi connectivity index (χ4n) is 2.18. The Hall–Kier alpha value is -0.540. The summed E-state index contributed by atoms with van der Waals surface area (Å²) in [5.41, 5.74) is -0.0356. The van der Waals surface area contributed by atoms with Gasteiger partial charge in [0.2, 0.25) is 0 Å². The predicted molar refractivity (Wildman–Crippen MR) is 133 cm³/mol. The van der Waals surface area contributed by atoms with Gasteiger partial charge in [-0.15, -0.1) is 0 Å². The molecule has 14 heteroatoms. The molecule has 1 aromatic carbocycles. The van der Waals surface area contributed by atoms with Gasteiger partial charge in [0.1, 0.15) is 5.75 Å². The molecule has 31 heavy (non-hydrogen) atoms. The van der Waals surface area contributed by atoms with Crippen molar-refractivity contribution in [1.29, 1.82) is 0 Å². The molecular formula is C17H21I3N2O9. The maximum absolute atomic E-state index is 12.9. The van der Waals surface area contributed by atoms with Crippen molar-refractivity contribution in [3.63, 3.8) is 0 Å². The monoisotopic (exact) mass is 778 g/mol. The second-order valence-corrected chi connectivity index (χ2v) is 9.43. The van der Waals surface area contributed by atoms with E-state index >= 15 is 0 Å². The van der Waals surface area contributed by atoms with Gasteiger partial charge in [-0.1, -0.05) is 0 Å². The van der Waals surface area contributed by atoms with Crippen molar-refractivity contribution in [2.24, 2.45) is 0 Å². The molecule has 1 unspecified atom stereocenters. The molecule has 0 aromatic heterocycles. The Morgan fingerprint density at radius 1 is 0.806 bits per heavy atom. The maximum atomic E-state index is 12.9. The molecule has 0 bridgehead atoms. The van der Waals surface area contributed by atoms with Gasteiger partial charge in [-0.25, -0.2) is 4.79 Å². The van der Waals surface area contributed by atoms with Gasteiger partial charge in [0.15, 0.2) is 6.10 Å². The van der Waals surface area contributed by atoms with Gasteiger partial charge in [-0.2, -0.15) is 0 Å². The van der Waals surface area contributed by atoms with E-state index < -0.39 is 62.4 Å². The van der Waals surface area contributed by atoms with Crippen LogP contribution in [0.3, 0.4) is 0 Å². The molecule has 1 atom stereocenters. The van der Waals surface area contributed by atoms with Gasteiger partial charge in [-0.3, -0.25) is 9.59 Å². The van der Waals surface area contributed by atoms with Crippen molar-refractivity contribution in [3.05, 3.63) is 21.8 Å². The third-order valence-electron chi connectivity index (χ3n) is 3.93. The number of aliphatic hydroxyl groups is 4. The van der Waals surface area contributed by atoms with E-state index in [4.69, 9.17) is 4.74 Å². The third-order valence-corrected chi connectivity index (χ3v) is 7.06. The Balaban J connectivity index is 3.66. The molecule has 0 aliphatic heterocycles. The molecule has 7 N–H and O–H groups in total. The first-order chi connectivity index (χ1) is 14.5. The topological polar surface area (TPSA) is 186 Å². The molecule has 0 saturated carbocycles. The number of nitrogens with one attached hydrogen (secondary N) is 2. The highest BCUT2D eigenvalue weighted by molar-refractivity contribution is 14.1. The number of amides is 2. The summed E-state index contributed by atoms with van der Waals surface area (Å²) < 4.78 is 6.16. The summed E-state index contributed by atoms with van der Waals surface area (Å²) in [7, 11) is 0. The number of hydrogen-bond acceptors (Lipinski definition) is 8. The smallest absolute Gasteiger partial charge is 0.344 e. The molecule has 0 aliphatic rings. The van der Waals surface area contributed by atoms with Crippen LogP contribution < -0.4 is 15.4 Å². The van der Waals surface area contributed by atoms with Crippen LogP contribution in [0.25, 0.3) is 0 Å². The largest absolute Gasteiger partial charge is 0.479 e. The van der Waals surface area contributed by atoms with E-state index in [1.165, 1.54) is 6.92 Å². The molecule has 0 heterocycles. The number of carbonyl (C=O) groups is 3. The van der Waals surface area contributed by atoms with Crippen LogP contribution in [0.4, 0.5) is 0 Å². The minimum Gasteiger partial charge on any atom is -0.479 e. The van der Waals surface area contributed by atoms with Crippen molar-refractivity contribution in [2.45, 2.75) is 25.1 Å². The number of aliphatic carboxylic acids is 1. The number of halogens is 3. The van der Waals surface area contributed by atoms with Crippen molar-refractivity contribution in [1.82, 2.24) is 10.6 Å². The van der Waals surface area contributed by atoms with Crippen LogP contribution in [0.2, 0.25) is 0 Å². The Kier molecular flexibility index (Phi) is 12.2. The van der Waals surface area contributed by atoms with Gasteiger partial charge < -0.3 is 40.9 Å². The Morgan fingerprint density at radius 3 is 1.45 bits per heavy atom. The van der Waals surface area contributed by atoms with Crippen LogP contribution in [0, 0.1) is 10.7 Å². The first kappa shape index (κ1) is 28.5. The van der Waals surface area contributed by atoms with Gasteiger partial charge in [-0.05, 0) is 74.7 Å². The lowest BCUT2D eigenvalue weighted by Gasteiger charge is -2.22. The van der Waals surface area contributed by atoms with Crippen LogP contribution in [0.15, 0.2) is 0 Å². The summed E-state index contributed by atoms with van der Waals surface area (Å²) >= 11 is 5.36. The minimum atomic E-state index is -1.29. The van der Waals surface area contributed by atoms with Crippen molar-refractivity contribution >= 4 is 85.6 Å². The van der Waals surface area contributed by atoms with E-state index in [9.17, 15) is 39.9 Å². The molecular weight excluding hydrogens is 757 g/mol. The molecule has 0 radical (unpaired) electrons. The highest BCUT2D eigenvalue weighted by Crippen LogP contribution is 2.38. The zero-order valence-electron chi connectivity index (χ0n) is 16.1. The third kappa shape index (κ3) is 7.22. The van der Waals surface area contributed by atoms with Crippen molar-refractivity contribution < 1.29 is 44.7 Å². The van der Waals surface area contributed by atoms with Crippen LogP contribution >= 0.6 is 67.8 Å². The number of ether oxygens (including phenoxy) is 1. The molecule has 1 aromatic rings. The summed E-state index contributed by atoms with van der Waals surface area (Å²) in [6.07, 6.45) is -1.29. The molecule has 0 aliphatic carbocycles. The average molecular weight is 778 g/mol. The van der Waals surface area contributed by atoms with Gasteiger partial charge in [0.25, 0.3) is 11.8 Å². The molecule has 2 amide bonds. The predicted octanol–water partition coefficient (Wildman–Crippen LogP) is -0.482. The average Bonchev–Trinajstić information content (AvgIpc) is 2.72. The lowest BCUT2D eigenvalue weighted by molar-refractivity contribution is -0.144. The Morgan fingerprint density at radius 2 is 1.16 bits per heavy atom. The molecule has 1 rings (SSSR count). The van der Waals surface area contributed by atoms with Gasteiger partial charge in [0.05, 0.1) is 56.8 Å². The lowest BCUT2D eigenvalue weighted by Crippen LogP contribution is -2.42. The van der Waals surface area contributed by atoms with Gasteiger partial charge in [0, 0.05) is 3.57 Å². The van der Waals surface area contributed by atoms with E-state index in [0.29, 0.717) is 0 Å². The quantitative estimate of drug-likeness (QED) is 0.146. The normalized spacial score (nSPS) is 12.1. The molecule has 0 fully saturated rings. The number of rotatable bonds is 11. The lowest BCUT2D eigenvalue weighted by atomic mass is 10.1. The fraction of sp³-hybridized carbons (Fsp3) is 0.471. The minimum absolute atomic E-state index is 0.0130. The van der Waals surface area contributed by atoms with Crippen molar-refractivity contribution in [3.8, 4) is 5.75 Å². The molecule has 0 spiro atoms. The van der Waals surface area contributed by atoms with E-state index in [1.54, 1.807) is 67.8 Å². The van der Waals surface area contributed by atoms with Crippen LogP contribution in [-0.2, 0) is 4.79 Å². The van der Waals surface area contributed by atoms with E-state index in [2.05, 4.69) is 10.6 Å². The van der Waals surface area contributed by atoms with E-state index in [-0.39, 0.29) is 27.6 Å². The summed E-state index contributed by atoms with van der Waals surface area (Å²) in [6.45, 7) is -0.822. The number of carbonyl (C=O) groups excluding carboxylic acids is 2. The summed E-state index contributed by atoms with van der Waals surface area (Å²) in [5, 5.41) is 51.1. The first-order valence-electron chi connectivity index (χ1n) is 8.68. The molecule has 174 valence electrons. The zero-order valence-corrected chi connectivity index (χ0v) is 22.5. The number of benzene rings is 1. The van der Waals surface area contributed by atoms with E-state index in [0.717, 1.165) is 0 Å². The number of aliphatic hydroxyl groups excluding tert-OH is 4. The number of carboxylic acid groups (broad SMARTS) is 1. The molecule has 0 saturated heterocycles. The first-order valence-corrected chi connectivity index (χ1v) is 11.9. The SMILES string of the molecule is CC(Oc1c(I)c(C(=O)NC(CO)CO)c(I)c(C(=O)NC(CO)CO)c1I)C(=O)O. The fourth-order valence-corrected chi connectivity index (χ4v) is 6.58. The summed E-state index contributed by atoms with van der Waals surface area (Å²) in [6, 6.07) is -1.91. The van der Waals surface area contributed by atoms with Gasteiger partial charge >= 0.3 is 5.97 Å². The second kappa shape index (κ2) is 13.2. The standard InChI is InChI=1S/C17H21I3N2O9/c1-6(17(29)30)31-14-12(19)9(15(27)21-7(2-23)3-24)11(18)10(13(14)20)16(28)22-8(4-25)5-26/h6-8,23-26H,2-5H2,1H3,(H,21,27)(H,22,28)(H,29,30). The van der Waals surface area contributed by atoms with Crippen molar-refractivity contribution in [2.75, 3.05) is 26.4 Å². The van der Waals surface area contributed by atoms with E-state index in [1.807, 2.05) is 0 Å². The summed E-state index contributed by atoms with van der Waals surface area (Å²) in [4.78, 5) is 37.0. The van der Waals surface area contributed by atoms with Crippen LogP contribution in [0.5, 0.6) is 5.75 Å². The Labute approximate surface area is 218 Å². The zero-order chi connectivity index (χ0) is 23.9. The number of hydrogen-bond donors (Lipinski definition) is 7.